The maximum Gasteiger partial charge on any atom is 0.107 e. The third-order valence-corrected chi connectivity index (χ3v) is 4.59. The summed E-state index contributed by atoms with van der Waals surface area (Å²) in [5.74, 6) is 2.04. The first-order chi connectivity index (χ1) is 7.62. The molecule has 0 aromatic heterocycles. The molecular weight excluding hydrogens is 216 g/mol. The Morgan fingerprint density at radius 2 is 2.31 bits per heavy atom. The normalized spacial score (nSPS) is 29.6. The van der Waals surface area contributed by atoms with Crippen LogP contribution in [0.3, 0.4) is 0 Å². The van der Waals surface area contributed by atoms with Crippen LogP contribution in [0.1, 0.15) is 46.5 Å². The molecule has 1 aliphatic carbocycles. The summed E-state index contributed by atoms with van der Waals surface area (Å²) in [5.41, 5.74) is -0.218. The molecule has 0 amide bonds. The standard InChI is InChI=1S/C13H24N2S/c1-4-15-13(10-14)7-5-12(9-13)16-8-6-11(2)3/h11-12,15H,4-9H2,1-3H3. The van der Waals surface area contributed by atoms with Gasteiger partial charge in [-0.15, -0.1) is 0 Å². The molecule has 0 radical (unpaired) electrons. The summed E-state index contributed by atoms with van der Waals surface area (Å²) in [4.78, 5) is 0. The van der Waals surface area contributed by atoms with E-state index in [-0.39, 0.29) is 5.54 Å². The van der Waals surface area contributed by atoms with E-state index in [1.54, 1.807) is 0 Å². The van der Waals surface area contributed by atoms with E-state index in [2.05, 4.69) is 43.9 Å². The van der Waals surface area contributed by atoms with Gasteiger partial charge in [-0.05, 0) is 43.9 Å². The van der Waals surface area contributed by atoms with Gasteiger partial charge in [-0.2, -0.15) is 17.0 Å². The molecule has 1 fully saturated rings. The first-order valence-corrected chi connectivity index (χ1v) is 7.44. The largest absolute Gasteiger partial charge is 0.300 e. The van der Waals surface area contributed by atoms with Gasteiger partial charge in [0.15, 0.2) is 0 Å². The molecule has 0 aromatic carbocycles. The molecule has 1 aliphatic rings. The predicted octanol–water partition coefficient (Wildman–Crippen LogP) is 3.19. The van der Waals surface area contributed by atoms with Crippen molar-refractivity contribution in [2.75, 3.05) is 12.3 Å². The molecule has 16 heavy (non-hydrogen) atoms. The average molecular weight is 240 g/mol. The third-order valence-electron chi connectivity index (χ3n) is 3.25. The summed E-state index contributed by atoms with van der Waals surface area (Å²) in [6.45, 7) is 7.52. The maximum atomic E-state index is 9.26. The first kappa shape index (κ1) is 13.9. The lowest BCUT2D eigenvalue weighted by atomic mass is 10.0. The number of nitrogens with zero attached hydrogens (tertiary/aromatic N) is 1. The Morgan fingerprint density at radius 3 is 2.88 bits per heavy atom. The zero-order chi connectivity index (χ0) is 12.0. The maximum absolute atomic E-state index is 9.26. The number of nitrogens with one attached hydrogen (secondary N) is 1. The zero-order valence-electron chi connectivity index (χ0n) is 10.8. The highest BCUT2D eigenvalue weighted by Gasteiger charge is 2.38. The highest BCUT2D eigenvalue weighted by molar-refractivity contribution is 7.99. The highest BCUT2D eigenvalue weighted by atomic mass is 32.2. The number of thioether (sulfide) groups is 1. The lowest BCUT2D eigenvalue weighted by Crippen LogP contribution is -2.41. The smallest absolute Gasteiger partial charge is 0.107 e. The Balaban J connectivity index is 2.31. The lowest BCUT2D eigenvalue weighted by molar-refractivity contribution is 0.436. The van der Waals surface area contributed by atoms with Crippen LogP contribution in [-0.2, 0) is 0 Å². The Kier molecular flexibility index (Phi) is 5.64. The molecule has 0 saturated heterocycles. The number of hydrogen-bond acceptors (Lipinski definition) is 3. The molecule has 0 heterocycles. The average Bonchev–Trinajstić information content (AvgIpc) is 2.63. The van der Waals surface area contributed by atoms with Crippen molar-refractivity contribution in [3.8, 4) is 6.07 Å². The Hall–Kier alpha value is -0.200. The zero-order valence-corrected chi connectivity index (χ0v) is 11.6. The van der Waals surface area contributed by atoms with Gasteiger partial charge in [0, 0.05) is 5.25 Å². The summed E-state index contributed by atoms with van der Waals surface area (Å²) in [7, 11) is 0. The van der Waals surface area contributed by atoms with Crippen LogP contribution in [0.25, 0.3) is 0 Å². The van der Waals surface area contributed by atoms with Gasteiger partial charge in [-0.25, -0.2) is 0 Å². The van der Waals surface area contributed by atoms with E-state index in [0.717, 1.165) is 25.3 Å². The molecule has 1 saturated carbocycles. The van der Waals surface area contributed by atoms with E-state index < -0.39 is 0 Å². The molecule has 0 aliphatic heterocycles. The molecule has 92 valence electrons. The number of rotatable bonds is 6. The second-order valence-corrected chi connectivity index (χ2v) is 6.55. The molecule has 0 bridgehead atoms. The van der Waals surface area contributed by atoms with Crippen LogP contribution >= 0.6 is 11.8 Å². The van der Waals surface area contributed by atoms with E-state index in [0.29, 0.717) is 5.25 Å². The fraction of sp³-hybridized carbons (Fsp3) is 0.923. The fourth-order valence-electron chi connectivity index (χ4n) is 2.25. The number of hydrogen-bond donors (Lipinski definition) is 1. The Labute approximate surface area is 104 Å². The molecular formula is C13H24N2S. The van der Waals surface area contributed by atoms with Crippen LogP contribution in [0.2, 0.25) is 0 Å². The van der Waals surface area contributed by atoms with Gasteiger partial charge in [0.2, 0.25) is 0 Å². The SMILES string of the molecule is CCNC1(C#N)CCC(SCCC(C)C)C1. The highest BCUT2D eigenvalue weighted by Crippen LogP contribution is 2.37. The van der Waals surface area contributed by atoms with Gasteiger partial charge in [0.25, 0.3) is 0 Å². The van der Waals surface area contributed by atoms with E-state index >= 15 is 0 Å². The van der Waals surface area contributed by atoms with Crippen LogP contribution in [0.4, 0.5) is 0 Å². The lowest BCUT2D eigenvalue weighted by Gasteiger charge is -2.21. The predicted molar refractivity (Wildman–Crippen MR) is 71.6 cm³/mol. The molecule has 0 spiro atoms. The van der Waals surface area contributed by atoms with E-state index in [1.165, 1.54) is 18.6 Å². The fourth-order valence-corrected chi connectivity index (χ4v) is 3.88. The molecule has 1 N–H and O–H groups in total. The molecule has 1 rings (SSSR count). The minimum atomic E-state index is -0.218. The molecule has 2 unspecified atom stereocenters. The van der Waals surface area contributed by atoms with Crippen molar-refractivity contribution in [1.82, 2.24) is 5.32 Å². The van der Waals surface area contributed by atoms with Crippen molar-refractivity contribution in [3.63, 3.8) is 0 Å². The second kappa shape index (κ2) is 6.51. The van der Waals surface area contributed by atoms with Crippen molar-refractivity contribution in [1.29, 1.82) is 5.26 Å². The van der Waals surface area contributed by atoms with Gasteiger partial charge in [0.05, 0.1) is 6.07 Å². The van der Waals surface area contributed by atoms with Crippen molar-refractivity contribution >= 4 is 11.8 Å². The van der Waals surface area contributed by atoms with Gasteiger partial charge in [-0.1, -0.05) is 20.8 Å². The molecule has 0 aromatic rings. The second-order valence-electron chi connectivity index (χ2n) is 5.14. The van der Waals surface area contributed by atoms with Gasteiger partial charge >= 0.3 is 0 Å². The molecule has 3 heteroatoms. The quantitative estimate of drug-likeness (QED) is 0.774. The minimum absolute atomic E-state index is 0.218. The van der Waals surface area contributed by atoms with Crippen molar-refractivity contribution in [3.05, 3.63) is 0 Å². The summed E-state index contributed by atoms with van der Waals surface area (Å²) >= 11 is 2.06. The van der Waals surface area contributed by atoms with Gasteiger partial charge in [0.1, 0.15) is 5.54 Å². The van der Waals surface area contributed by atoms with Crippen molar-refractivity contribution < 1.29 is 0 Å². The first-order valence-electron chi connectivity index (χ1n) is 6.40. The minimum Gasteiger partial charge on any atom is -0.300 e. The molecule has 2 nitrogen and oxygen atoms in total. The van der Waals surface area contributed by atoms with Crippen LogP contribution in [0, 0.1) is 17.2 Å². The third kappa shape index (κ3) is 3.99. The Morgan fingerprint density at radius 1 is 1.56 bits per heavy atom. The van der Waals surface area contributed by atoms with Crippen molar-refractivity contribution in [2.24, 2.45) is 5.92 Å². The van der Waals surface area contributed by atoms with E-state index in [1.807, 2.05) is 0 Å². The topological polar surface area (TPSA) is 35.8 Å². The summed E-state index contributed by atoms with van der Waals surface area (Å²) < 4.78 is 0. The van der Waals surface area contributed by atoms with Crippen LogP contribution in [0.15, 0.2) is 0 Å². The summed E-state index contributed by atoms with van der Waals surface area (Å²) in [5, 5.41) is 13.3. The van der Waals surface area contributed by atoms with Gasteiger partial charge in [-0.3, -0.25) is 5.32 Å². The molecule has 2 atom stereocenters. The van der Waals surface area contributed by atoms with Crippen LogP contribution in [0.5, 0.6) is 0 Å². The van der Waals surface area contributed by atoms with Crippen molar-refractivity contribution in [2.45, 2.75) is 57.2 Å². The van der Waals surface area contributed by atoms with E-state index in [4.69, 9.17) is 0 Å². The Bertz CT molecular complexity index is 247. The van der Waals surface area contributed by atoms with Crippen LogP contribution < -0.4 is 5.32 Å². The monoisotopic (exact) mass is 240 g/mol. The summed E-state index contributed by atoms with van der Waals surface area (Å²) in [6.07, 6.45) is 4.54. The summed E-state index contributed by atoms with van der Waals surface area (Å²) in [6, 6.07) is 2.48. The van der Waals surface area contributed by atoms with E-state index in [9.17, 15) is 5.26 Å². The van der Waals surface area contributed by atoms with Crippen LogP contribution in [-0.4, -0.2) is 23.1 Å². The number of nitriles is 1. The van der Waals surface area contributed by atoms with Gasteiger partial charge < -0.3 is 0 Å².